The highest BCUT2D eigenvalue weighted by atomic mass is 16.5. The molecule has 4 bridgehead atoms. The Kier molecular flexibility index (Phi) is 7.43. The maximum atomic E-state index is 12.0. The number of fused-ring (bicyclic) bond motifs is 6. The first-order valence-corrected chi connectivity index (χ1v) is 19.8. The molecular formula is C42H66O4. The van der Waals surface area contributed by atoms with Crippen molar-refractivity contribution in [3.8, 4) is 0 Å². The molecule has 5 unspecified atom stereocenters. The molecule has 46 heavy (non-hydrogen) atoms. The number of hydrogen-bond donors (Lipinski definition) is 1. The largest absolute Gasteiger partial charge is 0.462 e. The standard InChI is InChI=1S/C42H66O4/c1-26(44)45-36-15-18-40(7)33(38(36,4)5)14-20-42-22-28(10-12-35(40)42)30(24-42)46-31(25-43)29-23-41-19-13-32-37(2,3)16-8-17-39(32,6)34(41)11-9-27(29)21-41/h23,27-28,30-36,43H,8-22,24-25H2,1-7H3/t27?,28?,30?,31-,32-,33-,34+,35+,36-,39-,40-,41?,42?/m1/s1. The Morgan fingerprint density at radius 1 is 0.804 bits per heavy atom. The summed E-state index contributed by atoms with van der Waals surface area (Å²) in [7, 11) is 0. The minimum atomic E-state index is -0.125. The Balaban J connectivity index is 1.01. The van der Waals surface area contributed by atoms with Gasteiger partial charge in [-0.1, -0.05) is 54.0 Å². The zero-order chi connectivity index (χ0) is 32.5. The highest BCUT2D eigenvalue weighted by molar-refractivity contribution is 5.66. The maximum Gasteiger partial charge on any atom is 0.302 e. The van der Waals surface area contributed by atoms with Crippen LogP contribution in [0.4, 0.5) is 0 Å². The Bertz CT molecular complexity index is 1270. The van der Waals surface area contributed by atoms with Crippen molar-refractivity contribution in [2.75, 3.05) is 6.61 Å². The number of ether oxygens (including phenoxy) is 2. The van der Waals surface area contributed by atoms with Gasteiger partial charge in [-0.3, -0.25) is 4.79 Å². The average Bonchev–Trinajstić information content (AvgIpc) is 3.39. The number of aliphatic hydroxyl groups excluding tert-OH is 1. The van der Waals surface area contributed by atoms with E-state index in [9.17, 15) is 9.90 Å². The Labute approximate surface area is 280 Å². The van der Waals surface area contributed by atoms with E-state index in [1.165, 1.54) is 102 Å². The van der Waals surface area contributed by atoms with Gasteiger partial charge in [-0.25, -0.2) is 0 Å². The number of allylic oxidation sites excluding steroid dienone is 1. The van der Waals surface area contributed by atoms with Crippen LogP contribution in [0, 0.1) is 68.0 Å². The predicted octanol–water partition coefficient (Wildman–Crippen LogP) is 9.68. The first-order chi connectivity index (χ1) is 21.7. The van der Waals surface area contributed by atoms with Gasteiger partial charge in [-0.15, -0.1) is 0 Å². The van der Waals surface area contributed by atoms with E-state index < -0.39 is 0 Å². The van der Waals surface area contributed by atoms with Crippen molar-refractivity contribution in [2.45, 2.75) is 170 Å². The number of aliphatic hydroxyl groups is 1. The van der Waals surface area contributed by atoms with Gasteiger partial charge in [-0.2, -0.15) is 0 Å². The quantitative estimate of drug-likeness (QED) is 0.242. The van der Waals surface area contributed by atoms with Crippen LogP contribution in [0.15, 0.2) is 11.6 Å². The highest BCUT2D eigenvalue weighted by Gasteiger charge is 2.67. The lowest BCUT2D eigenvalue weighted by Crippen LogP contribution is -2.59. The number of esters is 1. The molecule has 0 radical (unpaired) electrons. The average molecular weight is 635 g/mol. The third-order valence-electron chi connectivity index (χ3n) is 17.8. The van der Waals surface area contributed by atoms with Crippen LogP contribution in [0.2, 0.25) is 0 Å². The third kappa shape index (κ3) is 4.45. The lowest BCUT2D eigenvalue weighted by Gasteiger charge is -2.65. The van der Waals surface area contributed by atoms with Crippen LogP contribution >= 0.6 is 0 Å². The van der Waals surface area contributed by atoms with Gasteiger partial charge in [0.15, 0.2) is 0 Å². The number of hydrogen-bond acceptors (Lipinski definition) is 4. The molecule has 4 nitrogen and oxygen atoms in total. The van der Waals surface area contributed by atoms with Gasteiger partial charge in [0.2, 0.25) is 0 Å². The first-order valence-electron chi connectivity index (χ1n) is 19.8. The lowest BCUT2D eigenvalue weighted by atomic mass is 9.41. The van der Waals surface area contributed by atoms with Gasteiger partial charge in [0.25, 0.3) is 0 Å². The van der Waals surface area contributed by atoms with Gasteiger partial charge < -0.3 is 14.6 Å². The molecule has 0 amide bonds. The van der Waals surface area contributed by atoms with Crippen LogP contribution in [-0.4, -0.2) is 36.0 Å². The summed E-state index contributed by atoms with van der Waals surface area (Å²) in [6.07, 6.45) is 23.7. The summed E-state index contributed by atoms with van der Waals surface area (Å²) in [5, 5.41) is 11.0. The van der Waals surface area contributed by atoms with Crippen LogP contribution in [-0.2, 0) is 14.3 Å². The van der Waals surface area contributed by atoms with E-state index in [0.717, 1.165) is 24.2 Å². The van der Waals surface area contributed by atoms with Crippen molar-refractivity contribution in [1.82, 2.24) is 0 Å². The number of carbonyl (C=O) groups is 1. The summed E-state index contributed by atoms with van der Waals surface area (Å²) in [6.45, 7) is 16.9. The second kappa shape index (κ2) is 10.6. The fourth-order valence-electron chi connectivity index (χ4n) is 16.3. The van der Waals surface area contributed by atoms with Crippen LogP contribution < -0.4 is 0 Å². The molecule has 13 atom stereocenters. The van der Waals surface area contributed by atoms with E-state index in [1.54, 1.807) is 6.92 Å². The minimum absolute atomic E-state index is 0.0151. The summed E-state index contributed by atoms with van der Waals surface area (Å²) >= 11 is 0. The van der Waals surface area contributed by atoms with E-state index in [-0.39, 0.29) is 36.3 Å². The molecule has 0 aromatic rings. The van der Waals surface area contributed by atoms with Gasteiger partial charge in [0.1, 0.15) is 12.2 Å². The molecule has 7 saturated carbocycles. The monoisotopic (exact) mass is 634 g/mol. The van der Waals surface area contributed by atoms with Crippen LogP contribution in [0.25, 0.3) is 0 Å². The minimum Gasteiger partial charge on any atom is -0.462 e. The van der Waals surface area contributed by atoms with Crippen molar-refractivity contribution in [1.29, 1.82) is 0 Å². The zero-order valence-electron chi connectivity index (χ0n) is 30.5. The highest BCUT2D eigenvalue weighted by Crippen LogP contribution is 2.73. The van der Waals surface area contributed by atoms with Crippen LogP contribution in [0.3, 0.4) is 0 Å². The van der Waals surface area contributed by atoms with Crippen molar-refractivity contribution in [2.24, 2.45) is 68.0 Å². The molecule has 4 heteroatoms. The van der Waals surface area contributed by atoms with Crippen molar-refractivity contribution in [3.05, 3.63) is 11.6 Å². The second-order valence-electron chi connectivity index (χ2n) is 20.4. The third-order valence-corrected chi connectivity index (χ3v) is 17.8. The molecule has 8 rings (SSSR count). The van der Waals surface area contributed by atoms with Crippen molar-refractivity contribution < 1.29 is 19.4 Å². The second-order valence-corrected chi connectivity index (χ2v) is 20.4. The fourth-order valence-corrected chi connectivity index (χ4v) is 16.3. The number of rotatable bonds is 5. The topological polar surface area (TPSA) is 55.8 Å². The van der Waals surface area contributed by atoms with E-state index >= 15 is 0 Å². The maximum absolute atomic E-state index is 12.0. The molecule has 0 heterocycles. The van der Waals surface area contributed by atoms with E-state index in [1.807, 2.05) is 0 Å². The Hall–Kier alpha value is -0.870. The molecule has 8 aliphatic carbocycles. The van der Waals surface area contributed by atoms with Crippen molar-refractivity contribution in [3.63, 3.8) is 0 Å². The Morgan fingerprint density at radius 3 is 2.30 bits per heavy atom. The molecule has 0 aromatic heterocycles. The summed E-state index contributed by atoms with van der Waals surface area (Å²) in [5.41, 5.74) is 3.47. The van der Waals surface area contributed by atoms with Gasteiger partial charge in [0.05, 0.1) is 12.7 Å². The first kappa shape index (κ1) is 32.3. The molecule has 258 valence electrons. The molecule has 2 spiro atoms. The summed E-state index contributed by atoms with van der Waals surface area (Å²) in [5.74, 6) is 4.11. The van der Waals surface area contributed by atoms with Crippen molar-refractivity contribution >= 4 is 5.97 Å². The van der Waals surface area contributed by atoms with E-state index in [4.69, 9.17) is 9.47 Å². The molecular weight excluding hydrogens is 568 g/mol. The SMILES string of the molecule is CC(=O)O[C@@H]1CC[C@@]2(C)[C@@H]3CCC4CC3(CC[C@@H]2C1(C)C)CC4O[C@H](CO)C1=CC23CC[C@@H]4C(C)(C)CCC[C@@]4(C)[C@@H]2CCC1C3. The number of carbonyl (C=O) groups excluding carboxylic acids is 1. The van der Waals surface area contributed by atoms with Crippen LogP contribution in [0.5, 0.6) is 0 Å². The summed E-state index contributed by atoms with van der Waals surface area (Å²) < 4.78 is 13.2. The molecule has 0 aliphatic heterocycles. The van der Waals surface area contributed by atoms with Gasteiger partial charge in [0, 0.05) is 12.3 Å². The van der Waals surface area contributed by atoms with E-state index in [0.29, 0.717) is 44.8 Å². The Morgan fingerprint density at radius 2 is 1.54 bits per heavy atom. The smallest absolute Gasteiger partial charge is 0.302 e. The van der Waals surface area contributed by atoms with E-state index in [2.05, 4.69) is 47.6 Å². The molecule has 7 fully saturated rings. The van der Waals surface area contributed by atoms with Gasteiger partial charge in [-0.05, 0) is 164 Å². The van der Waals surface area contributed by atoms with Crippen LogP contribution in [0.1, 0.15) is 151 Å². The molecule has 0 aromatic carbocycles. The molecule has 8 aliphatic rings. The summed E-state index contributed by atoms with van der Waals surface area (Å²) in [6, 6.07) is 0. The van der Waals surface area contributed by atoms with Gasteiger partial charge >= 0.3 is 5.97 Å². The molecule has 0 saturated heterocycles. The zero-order valence-corrected chi connectivity index (χ0v) is 30.5. The lowest BCUT2D eigenvalue weighted by molar-refractivity contribution is -0.197. The fraction of sp³-hybridized carbons (Fsp3) is 0.929. The molecule has 1 N–H and O–H groups in total. The summed E-state index contributed by atoms with van der Waals surface area (Å²) in [4.78, 5) is 12.0. The normalized spacial score (nSPS) is 52.0. The predicted molar refractivity (Wildman–Crippen MR) is 183 cm³/mol.